The van der Waals surface area contributed by atoms with Crippen molar-refractivity contribution in [3.05, 3.63) is 28.2 Å². The molecule has 1 aliphatic heterocycles. The normalized spacial score (nSPS) is 20.4. The van der Waals surface area contributed by atoms with Crippen LogP contribution in [0.3, 0.4) is 0 Å². The number of nitrogens with one attached hydrogen (secondary N) is 1. The van der Waals surface area contributed by atoms with Gasteiger partial charge < -0.3 is 5.32 Å². The molecule has 1 aromatic rings. The van der Waals surface area contributed by atoms with Crippen LogP contribution in [0.4, 0.5) is 14.5 Å². The smallest absolute Gasteiger partial charge is 0.245 e. The lowest BCUT2D eigenvalue weighted by atomic mass is 9.91. The van der Waals surface area contributed by atoms with Crippen LogP contribution in [0.2, 0.25) is 0 Å². The van der Waals surface area contributed by atoms with Crippen LogP contribution in [-0.4, -0.2) is 13.0 Å². The SMILES string of the molecule is FC(F)C1CCNc2ccc(Br)cc21. The van der Waals surface area contributed by atoms with Gasteiger partial charge in [-0.25, -0.2) is 8.78 Å². The van der Waals surface area contributed by atoms with E-state index in [4.69, 9.17) is 0 Å². The molecule has 1 nitrogen and oxygen atoms in total. The standard InChI is InChI=1S/C10H10BrF2N/c11-6-1-2-9-8(5-6)7(10(12)13)3-4-14-9/h1-2,5,7,10,14H,3-4H2. The summed E-state index contributed by atoms with van der Waals surface area (Å²) in [5.41, 5.74) is 1.56. The minimum absolute atomic E-state index is 0.501. The van der Waals surface area contributed by atoms with Gasteiger partial charge in [-0.3, -0.25) is 0 Å². The quantitative estimate of drug-likeness (QED) is 0.815. The fraction of sp³-hybridized carbons (Fsp3) is 0.400. The molecule has 1 unspecified atom stereocenters. The number of rotatable bonds is 1. The second-order valence-electron chi connectivity index (χ2n) is 3.39. The van der Waals surface area contributed by atoms with Crippen LogP contribution in [0.15, 0.2) is 22.7 Å². The molecule has 0 aliphatic carbocycles. The fourth-order valence-corrected chi connectivity index (χ4v) is 2.16. The second kappa shape index (κ2) is 3.85. The van der Waals surface area contributed by atoms with Crippen LogP contribution in [0.25, 0.3) is 0 Å². The molecule has 14 heavy (non-hydrogen) atoms. The van der Waals surface area contributed by atoms with Crippen molar-refractivity contribution in [2.45, 2.75) is 18.8 Å². The lowest BCUT2D eigenvalue weighted by Gasteiger charge is -2.26. The highest BCUT2D eigenvalue weighted by Crippen LogP contribution is 2.37. The third kappa shape index (κ3) is 1.75. The summed E-state index contributed by atoms with van der Waals surface area (Å²) in [4.78, 5) is 0. The summed E-state index contributed by atoms with van der Waals surface area (Å²) in [6.07, 6.45) is -1.77. The largest absolute Gasteiger partial charge is 0.385 e. The average molecular weight is 262 g/mol. The summed E-state index contributed by atoms with van der Waals surface area (Å²) < 4.78 is 26.2. The number of alkyl halides is 2. The Morgan fingerprint density at radius 2 is 2.21 bits per heavy atom. The van der Waals surface area contributed by atoms with E-state index in [1.165, 1.54) is 0 Å². The van der Waals surface area contributed by atoms with Crippen molar-refractivity contribution in [2.75, 3.05) is 11.9 Å². The number of hydrogen-bond donors (Lipinski definition) is 1. The van der Waals surface area contributed by atoms with Crippen molar-refractivity contribution in [1.29, 1.82) is 0 Å². The molecular weight excluding hydrogens is 252 g/mol. The minimum Gasteiger partial charge on any atom is -0.385 e. The van der Waals surface area contributed by atoms with E-state index in [9.17, 15) is 8.78 Å². The average Bonchev–Trinajstić information content (AvgIpc) is 2.16. The molecule has 1 N–H and O–H groups in total. The van der Waals surface area contributed by atoms with E-state index in [0.717, 1.165) is 15.7 Å². The third-order valence-corrected chi connectivity index (χ3v) is 2.98. The number of halogens is 3. The topological polar surface area (TPSA) is 12.0 Å². The molecule has 4 heteroatoms. The Morgan fingerprint density at radius 3 is 2.93 bits per heavy atom. The van der Waals surface area contributed by atoms with Crippen molar-refractivity contribution < 1.29 is 8.78 Å². The Kier molecular flexibility index (Phi) is 2.72. The second-order valence-corrected chi connectivity index (χ2v) is 4.30. The van der Waals surface area contributed by atoms with Gasteiger partial charge in [0.1, 0.15) is 0 Å². The molecule has 1 atom stereocenters. The third-order valence-electron chi connectivity index (χ3n) is 2.49. The number of hydrogen-bond acceptors (Lipinski definition) is 1. The van der Waals surface area contributed by atoms with E-state index in [2.05, 4.69) is 21.2 Å². The van der Waals surface area contributed by atoms with Gasteiger partial charge in [0.25, 0.3) is 0 Å². The highest BCUT2D eigenvalue weighted by Gasteiger charge is 2.27. The van der Waals surface area contributed by atoms with Crippen molar-refractivity contribution in [2.24, 2.45) is 0 Å². The maximum atomic E-state index is 12.7. The van der Waals surface area contributed by atoms with Crippen LogP contribution < -0.4 is 5.32 Å². The van der Waals surface area contributed by atoms with Crippen LogP contribution >= 0.6 is 15.9 Å². The van der Waals surface area contributed by atoms with Gasteiger partial charge in [-0.15, -0.1) is 0 Å². The van der Waals surface area contributed by atoms with Crippen molar-refractivity contribution in [1.82, 2.24) is 0 Å². The highest BCUT2D eigenvalue weighted by atomic mass is 79.9. The van der Waals surface area contributed by atoms with Crippen molar-refractivity contribution in [3.63, 3.8) is 0 Å². The molecule has 0 saturated carbocycles. The summed E-state index contributed by atoms with van der Waals surface area (Å²) >= 11 is 3.29. The van der Waals surface area contributed by atoms with E-state index in [1.54, 1.807) is 6.07 Å². The molecule has 76 valence electrons. The summed E-state index contributed by atoms with van der Waals surface area (Å²) in [5.74, 6) is -0.622. The molecule has 0 bridgehead atoms. The molecular formula is C10H10BrF2N. The molecule has 0 amide bonds. The molecule has 0 radical (unpaired) electrons. The molecule has 0 fully saturated rings. The van der Waals surface area contributed by atoms with Gasteiger partial charge in [0, 0.05) is 22.6 Å². The maximum absolute atomic E-state index is 12.7. The summed E-state index contributed by atoms with van der Waals surface area (Å²) in [5, 5.41) is 3.12. The maximum Gasteiger partial charge on any atom is 0.245 e. The lowest BCUT2D eigenvalue weighted by molar-refractivity contribution is 0.110. The van der Waals surface area contributed by atoms with E-state index < -0.39 is 12.3 Å². The van der Waals surface area contributed by atoms with Gasteiger partial charge in [-0.1, -0.05) is 15.9 Å². The first-order valence-corrected chi connectivity index (χ1v) is 5.29. The molecule has 1 aliphatic rings. The van der Waals surface area contributed by atoms with E-state index in [-0.39, 0.29) is 0 Å². The Bertz CT molecular complexity index is 341. The van der Waals surface area contributed by atoms with E-state index in [0.29, 0.717) is 13.0 Å². The molecule has 2 rings (SSSR count). The van der Waals surface area contributed by atoms with Gasteiger partial charge in [-0.05, 0) is 30.2 Å². The van der Waals surface area contributed by atoms with Gasteiger partial charge in [-0.2, -0.15) is 0 Å². The number of anilines is 1. The summed E-state index contributed by atoms with van der Waals surface area (Å²) in [6, 6.07) is 5.48. The molecule has 0 saturated heterocycles. The van der Waals surface area contributed by atoms with Gasteiger partial charge >= 0.3 is 0 Å². The predicted molar refractivity (Wildman–Crippen MR) is 56.0 cm³/mol. The fourth-order valence-electron chi connectivity index (χ4n) is 1.78. The van der Waals surface area contributed by atoms with Gasteiger partial charge in [0.2, 0.25) is 6.43 Å². The molecule has 1 aromatic carbocycles. The molecule has 1 heterocycles. The zero-order chi connectivity index (χ0) is 10.1. The minimum atomic E-state index is -2.27. The Morgan fingerprint density at radius 1 is 1.43 bits per heavy atom. The van der Waals surface area contributed by atoms with Crippen LogP contribution in [-0.2, 0) is 0 Å². The first kappa shape index (κ1) is 9.90. The van der Waals surface area contributed by atoms with Crippen LogP contribution in [0, 0.1) is 0 Å². The van der Waals surface area contributed by atoms with E-state index in [1.807, 2.05) is 12.1 Å². The van der Waals surface area contributed by atoms with Crippen molar-refractivity contribution in [3.8, 4) is 0 Å². The van der Waals surface area contributed by atoms with Gasteiger partial charge in [0.15, 0.2) is 0 Å². The first-order valence-electron chi connectivity index (χ1n) is 4.50. The molecule has 0 spiro atoms. The zero-order valence-electron chi connectivity index (χ0n) is 7.43. The predicted octanol–water partition coefficient (Wildman–Crippen LogP) is 3.61. The first-order chi connectivity index (χ1) is 6.68. The Balaban J connectivity index is 2.41. The van der Waals surface area contributed by atoms with E-state index >= 15 is 0 Å². The summed E-state index contributed by atoms with van der Waals surface area (Å²) in [7, 11) is 0. The summed E-state index contributed by atoms with van der Waals surface area (Å²) in [6.45, 7) is 0.629. The molecule has 0 aromatic heterocycles. The Hall–Kier alpha value is -0.640. The number of benzene rings is 1. The lowest BCUT2D eigenvalue weighted by Crippen LogP contribution is -2.21. The van der Waals surface area contributed by atoms with Gasteiger partial charge in [0.05, 0.1) is 0 Å². The van der Waals surface area contributed by atoms with Crippen LogP contribution in [0.5, 0.6) is 0 Å². The monoisotopic (exact) mass is 261 g/mol. The number of fused-ring (bicyclic) bond motifs is 1. The van der Waals surface area contributed by atoms with Crippen LogP contribution in [0.1, 0.15) is 17.9 Å². The van der Waals surface area contributed by atoms with Crippen molar-refractivity contribution >= 4 is 21.6 Å². The Labute approximate surface area is 89.6 Å². The zero-order valence-corrected chi connectivity index (χ0v) is 9.02. The highest BCUT2D eigenvalue weighted by molar-refractivity contribution is 9.10.